The molecule has 12 heteroatoms. The molecule has 4 rings (SSSR count). The normalized spacial score (nSPS) is 15.2. The van der Waals surface area contributed by atoms with Crippen LogP contribution in [0.1, 0.15) is 17.0 Å². The molecule has 0 saturated carbocycles. The van der Waals surface area contributed by atoms with Crippen molar-refractivity contribution >= 4 is 35.0 Å². The summed E-state index contributed by atoms with van der Waals surface area (Å²) in [6.07, 6.45) is 2.59. The smallest absolute Gasteiger partial charge is 0.331 e. The van der Waals surface area contributed by atoms with Crippen LogP contribution < -0.4 is 19.5 Å². The van der Waals surface area contributed by atoms with E-state index in [-0.39, 0.29) is 16.7 Å². The van der Waals surface area contributed by atoms with Gasteiger partial charge in [-0.15, -0.1) is 5.10 Å². The highest BCUT2D eigenvalue weighted by molar-refractivity contribution is 8.18. The van der Waals surface area contributed by atoms with Gasteiger partial charge in [0.05, 0.1) is 38.0 Å². The fourth-order valence-corrected chi connectivity index (χ4v) is 4.05. The Morgan fingerprint density at radius 3 is 2.71 bits per heavy atom. The zero-order valence-corrected chi connectivity index (χ0v) is 21.8. The summed E-state index contributed by atoms with van der Waals surface area (Å²) in [6.45, 7) is 1.95. The number of nitrogens with zero attached hydrogens (tertiary/aromatic N) is 3. The van der Waals surface area contributed by atoms with Crippen molar-refractivity contribution in [2.24, 2.45) is 10.2 Å². The lowest BCUT2D eigenvalue weighted by molar-refractivity contribution is -0.135. The number of para-hydroxylation sites is 1. The third-order valence-electron chi connectivity index (χ3n) is 5.26. The van der Waals surface area contributed by atoms with Gasteiger partial charge in [-0.05, 0) is 49.0 Å². The number of carbonyl (C=O) groups excluding carboxylic acids is 2. The molecule has 0 aliphatic carbocycles. The molecule has 1 aliphatic heterocycles. The Bertz CT molecular complexity index is 1450. The van der Waals surface area contributed by atoms with Gasteiger partial charge < -0.3 is 23.4 Å². The SMILES string of the molecule is COC(=O)/C=C1/S/C(=N\N=Cc2ccccc2OCc2nc(-c3cc(OC)ccc3OC)oc2C)NC1=O. The van der Waals surface area contributed by atoms with Gasteiger partial charge in [-0.1, -0.05) is 12.1 Å². The van der Waals surface area contributed by atoms with Gasteiger partial charge in [0.15, 0.2) is 5.17 Å². The van der Waals surface area contributed by atoms with Gasteiger partial charge in [0.1, 0.15) is 35.3 Å². The average molecular weight is 537 g/mol. The third-order valence-corrected chi connectivity index (χ3v) is 6.16. The third kappa shape index (κ3) is 6.21. The van der Waals surface area contributed by atoms with Gasteiger partial charge >= 0.3 is 5.97 Å². The highest BCUT2D eigenvalue weighted by atomic mass is 32.2. The second-order valence-corrected chi connectivity index (χ2v) is 8.68. The maximum atomic E-state index is 11.9. The molecule has 1 fully saturated rings. The van der Waals surface area contributed by atoms with E-state index in [0.717, 1.165) is 17.8 Å². The molecule has 1 N–H and O–H groups in total. The zero-order valence-electron chi connectivity index (χ0n) is 21.0. The summed E-state index contributed by atoms with van der Waals surface area (Å²) in [5.74, 6) is 1.72. The van der Waals surface area contributed by atoms with Crippen LogP contribution in [0.15, 0.2) is 68.1 Å². The zero-order chi connectivity index (χ0) is 27.1. The maximum absolute atomic E-state index is 11.9. The quantitative estimate of drug-likeness (QED) is 0.187. The lowest BCUT2D eigenvalue weighted by atomic mass is 10.2. The first-order valence-corrected chi connectivity index (χ1v) is 12.0. The van der Waals surface area contributed by atoms with Crippen LogP contribution in [0.4, 0.5) is 0 Å². The molecule has 0 spiro atoms. The number of oxazole rings is 1. The molecule has 0 bridgehead atoms. The van der Waals surface area contributed by atoms with Crippen LogP contribution in [-0.2, 0) is 20.9 Å². The Kier molecular flexibility index (Phi) is 8.44. The summed E-state index contributed by atoms with van der Waals surface area (Å²) in [6, 6.07) is 12.6. The van der Waals surface area contributed by atoms with Crippen molar-refractivity contribution in [1.29, 1.82) is 0 Å². The first-order valence-electron chi connectivity index (χ1n) is 11.2. The van der Waals surface area contributed by atoms with E-state index in [2.05, 4.69) is 25.2 Å². The van der Waals surface area contributed by atoms with E-state index in [1.54, 1.807) is 38.5 Å². The number of hydrogen-bond acceptors (Lipinski definition) is 11. The molecule has 0 atom stereocenters. The van der Waals surface area contributed by atoms with Crippen LogP contribution in [0.2, 0.25) is 0 Å². The fourth-order valence-electron chi connectivity index (χ4n) is 3.31. The predicted octanol–water partition coefficient (Wildman–Crippen LogP) is 3.86. The Labute approximate surface area is 222 Å². The Hall–Kier alpha value is -4.58. The van der Waals surface area contributed by atoms with E-state index < -0.39 is 11.9 Å². The number of hydrogen-bond donors (Lipinski definition) is 1. The van der Waals surface area contributed by atoms with Crippen LogP contribution in [0, 0.1) is 6.92 Å². The molecule has 0 unspecified atom stereocenters. The number of rotatable bonds is 9. The molecule has 0 radical (unpaired) electrons. The van der Waals surface area contributed by atoms with Gasteiger partial charge in [0.25, 0.3) is 5.91 Å². The topological polar surface area (TPSA) is 134 Å². The van der Waals surface area contributed by atoms with E-state index >= 15 is 0 Å². The number of aromatic nitrogens is 1. The Morgan fingerprint density at radius 2 is 1.95 bits per heavy atom. The lowest BCUT2D eigenvalue weighted by Gasteiger charge is -2.08. The number of amidine groups is 1. The molecule has 2 aromatic carbocycles. The summed E-state index contributed by atoms with van der Waals surface area (Å²) < 4.78 is 27.2. The minimum absolute atomic E-state index is 0.147. The summed E-state index contributed by atoms with van der Waals surface area (Å²) in [5.41, 5.74) is 1.94. The van der Waals surface area contributed by atoms with E-state index in [0.29, 0.717) is 45.7 Å². The van der Waals surface area contributed by atoms with Crippen molar-refractivity contribution in [3.63, 3.8) is 0 Å². The molecule has 196 valence electrons. The van der Waals surface area contributed by atoms with Crippen molar-refractivity contribution in [2.75, 3.05) is 21.3 Å². The van der Waals surface area contributed by atoms with Gasteiger partial charge in [0, 0.05) is 11.6 Å². The predicted molar refractivity (Wildman–Crippen MR) is 141 cm³/mol. The first-order chi connectivity index (χ1) is 18.4. The van der Waals surface area contributed by atoms with E-state index in [1.165, 1.54) is 13.3 Å². The van der Waals surface area contributed by atoms with Crippen molar-refractivity contribution in [2.45, 2.75) is 13.5 Å². The number of aryl methyl sites for hydroxylation is 1. The molecule has 1 amide bonds. The Balaban J connectivity index is 1.47. The molecule has 1 aliphatic rings. The maximum Gasteiger partial charge on any atom is 0.331 e. The highest BCUT2D eigenvalue weighted by Crippen LogP contribution is 2.34. The molecule has 1 aromatic heterocycles. The largest absolute Gasteiger partial charge is 0.497 e. The molecule has 1 saturated heterocycles. The second-order valence-electron chi connectivity index (χ2n) is 7.65. The average Bonchev–Trinajstić information content (AvgIpc) is 3.48. The summed E-state index contributed by atoms with van der Waals surface area (Å²) in [4.78, 5) is 28.1. The molecule has 38 heavy (non-hydrogen) atoms. The number of benzene rings is 2. The standard InChI is InChI=1S/C26H24N4O7S/c1-15-19(28-25(37-15)18-11-17(33-2)9-10-21(18)34-3)14-36-20-8-6-5-7-16(20)13-27-30-26-29-24(32)22(38-26)12-23(31)35-4/h5-13H,14H2,1-4H3,(H,29,30,32)/b22-12+,27-13?. The summed E-state index contributed by atoms with van der Waals surface area (Å²) in [7, 11) is 4.39. The van der Waals surface area contributed by atoms with Gasteiger partial charge in [-0.25, -0.2) is 9.78 Å². The monoisotopic (exact) mass is 536 g/mol. The number of carbonyl (C=O) groups is 2. The van der Waals surface area contributed by atoms with Crippen LogP contribution in [-0.4, -0.2) is 49.6 Å². The molecule has 2 heterocycles. The highest BCUT2D eigenvalue weighted by Gasteiger charge is 2.25. The molecule has 11 nitrogen and oxygen atoms in total. The van der Waals surface area contributed by atoms with Crippen molar-refractivity contribution in [1.82, 2.24) is 10.3 Å². The van der Waals surface area contributed by atoms with Crippen LogP contribution in [0.25, 0.3) is 11.5 Å². The van der Waals surface area contributed by atoms with Crippen molar-refractivity contribution in [3.8, 4) is 28.7 Å². The number of nitrogens with one attached hydrogen (secondary N) is 1. The van der Waals surface area contributed by atoms with E-state index in [1.807, 2.05) is 25.1 Å². The summed E-state index contributed by atoms with van der Waals surface area (Å²) >= 11 is 0.985. The fraction of sp³-hybridized carbons (Fsp3) is 0.192. The van der Waals surface area contributed by atoms with Crippen LogP contribution in [0.3, 0.4) is 0 Å². The minimum atomic E-state index is -0.629. The minimum Gasteiger partial charge on any atom is -0.497 e. The van der Waals surface area contributed by atoms with Crippen LogP contribution >= 0.6 is 11.8 Å². The number of amides is 1. The Morgan fingerprint density at radius 1 is 1.13 bits per heavy atom. The van der Waals surface area contributed by atoms with Crippen molar-refractivity contribution in [3.05, 3.63) is 70.5 Å². The summed E-state index contributed by atoms with van der Waals surface area (Å²) in [5, 5.41) is 10.8. The van der Waals surface area contributed by atoms with E-state index in [4.69, 9.17) is 18.6 Å². The number of ether oxygens (including phenoxy) is 4. The first kappa shape index (κ1) is 26.5. The lowest BCUT2D eigenvalue weighted by Crippen LogP contribution is -2.19. The molecular formula is C26H24N4O7S. The second kappa shape index (κ2) is 12.1. The number of esters is 1. The van der Waals surface area contributed by atoms with Crippen LogP contribution in [0.5, 0.6) is 17.2 Å². The number of methoxy groups -OCH3 is 3. The van der Waals surface area contributed by atoms with E-state index in [9.17, 15) is 9.59 Å². The molecule has 3 aromatic rings. The van der Waals surface area contributed by atoms with Gasteiger partial charge in [0.2, 0.25) is 5.89 Å². The number of thioether (sulfide) groups is 1. The van der Waals surface area contributed by atoms with Crippen molar-refractivity contribution < 1.29 is 33.0 Å². The van der Waals surface area contributed by atoms with Gasteiger partial charge in [-0.3, -0.25) is 10.1 Å². The van der Waals surface area contributed by atoms with Gasteiger partial charge in [-0.2, -0.15) is 5.10 Å². The molecular weight excluding hydrogens is 512 g/mol.